The van der Waals surface area contributed by atoms with Gasteiger partial charge in [-0.2, -0.15) is 0 Å². The Morgan fingerprint density at radius 3 is 0.946 bits per heavy atom. The van der Waals surface area contributed by atoms with Crippen molar-refractivity contribution in [2.24, 2.45) is 0 Å². The van der Waals surface area contributed by atoms with Crippen LogP contribution in [0.3, 0.4) is 0 Å². The molecule has 7 rings (SSSR count). The predicted octanol–water partition coefficient (Wildman–Crippen LogP) is 10.2. The fourth-order valence-corrected chi connectivity index (χ4v) is 5.79. The molecule has 0 atom stereocenters. The third-order valence-electron chi connectivity index (χ3n) is 8.66. The molecule has 274 valence electrons. The summed E-state index contributed by atoms with van der Waals surface area (Å²) in [5.74, 6) is -1.70. The molecule has 0 fully saturated rings. The van der Waals surface area contributed by atoms with E-state index in [2.05, 4.69) is 31.9 Å². The number of anilines is 8. The Hall–Kier alpha value is -7.98. The molecule has 7 aromatic carbocycles. The molecular formula is C46H36N6O4. The molecule has 6 N–H and O–H groups in total. The molecule has 0 aromatic heterocycles. The van der Waals surface area contributed by atoms with Crippen LogP contribution in [-0.4, -0.2) is 23.6 Å². The highest BCUT2D eigenvalue weighted by atomic mass is 16.2. The van der Waals surface area contributed by atoms with Crippen molar-refractivity contribution in [3.05, 3.63) is 204 Å². The van der Waals surface area contributed by atoms with Gasteiger partial charge in [0.25, 0.3) is 23.6 Å². The van der Waals surface area contributed by atoms with E-state index in [4.69, 9.17) is 0 Å². The summed E-state index contributed by atoms with van der Waals surface area (Å²) in [4.78, 5) is 53.1. The van der Waals surface area contributed by atoms with Crippen molar-refractivity contribution >= 4 is 69.1 Å². The van der Waals surface area contributed by atoms with Crippen molar-refractivity contribution in [3.63, 3.8) is 0 Å². The normalized spacial score (nSPS) is 10.4. The smallest absolute Gasteiger partial charge is 0.257 e. The fraction of sp³-hybridized carbons (Fsp3) is 0. The molecule has 0 heterocycles. The van der Waals surface area contributed by atoms with Crippen molar-refractivity contribution in [2.75, 3.05) is 31.9 Å². The molecule has 0 aliphatic heterocycles. The Bertz CT molecular complexity index is 2300. The maximum Gasteiger partial charge on any atom is 0.257 e. The monoisotopic (exact) mass is 736 g/mol. The summed E-state index contributed by atoms with van der Waals surface area (Å²) in [6.45, 7) is 0. The third-order valence-corrected chi connectivity index (χ3v) is 8.66. The minimum atomic E-state index is -0.459. The van der Waals surface area contributed by atoms with E-state index in [0.717, 1.165) is 22.7 Å². The lowest BCUT2D eigenvalue weighted by atomic mass is 10.1. The largest absolute Gasteiger partial charge is 0.356 e. The minimum absolute atomic E-state index is 0.281. The molecule has 0 aliphatic carbocycles. The van der Waals surface area contributed by atoms with E-state index >= 15 is 0 Å². The van der Waals surface area contributed by atoms with Crippen molar-refractivity contribution in [1.82, 2.24) is 0 Å². The average Bonchev–Trinajstić information content (AvgIpc) is 3.23. The lowest BCUT2D eigenvalue weighted by Gasteiger charge is -2.13. The van der Waals surface area contributed by atoms with Gasteiger partial charge in [0.15, 0.2) is 0 Å². The number of rotatable bonds is 12. The van der Waals surface area contributed by atoms with Crippen molar-refractivity contribution < 1.29 is 19.2 Å². The van der Waals surface area contributed by atoms with Gasteiger partial charge in [-0.1, -0.05) is 60.7 Å². The Labute approximate surface area is 323 Å². The highest BCUT2D eigenvalue weighted by molar-refractivity contribution is 6.14. The van der Waals surface area contributed by atoms with Gasteiger partial charge in [-0.3, -0.25) is 19.2 Å². The summed E-state index contributed by atoms with van der Waals surface area (Å²) >= 11 is 0. The molecule has 56 heavy (non-hydrogen) atoms. The number of hydrogen-bond acceptors (Lipinski definition) is 6. The van der Waals surface area contributed by atoms with Crippen LogP contribution in [-0.2, 0) is 0 Å². The van der Waals surface area contributed by atoms with Gasteiger partial charge in [-0.15, -0.1) is 0 Å². The van der Waals surface area contributed by atoms with Gasteiger partial charge in [-0.25, -0.2) is 0 Å². The van der Waals surface area contributed by atoms with E-state index in [1.54, 1.807) is 72.8 Å². The van der Waals surface area contributed by atoms with Crippen LogP contribution >= 0.6 is 0 Å². The third kappa shape index (κ3) is 9.32. The van der Waals surface area contributed by atoms with Crippen molar-refractivity contribution in [3.8, 4) is 0 Å². The fourth-order valence-electron chi connectivity index (χ4n) is 5.79. The molecule has 0 bridgehead atoms. The van der Waals surface area contributed by atoms with E-state index in [1.807, 2.05) is 84.9 Å². The van der Waals surface area contributed by atoms with Gasteiger partial charge in [0.1, 0.15) is 0 Å². The van der Waals surface area contributed by atoms with E-state index in [-0.39, 0.29) is 34.1 Å². The first-order chi connectivity index (χ1) is 27.4. The number of carbonyl (C=O) groups excluding carboxylic acids is 4. The van der Waals surface area contributed by atoms with Gasteiger partial charge in [0.05, 0.1) is 22.5 Å². The van der Waals surface area contributed by atoms with Gasteiger partial charge >= 0.3 is 0 Å². The molecule has 0 unspecified atom stereocenters. The Balaban J connectivity index is 0.948. The van der Waals surface area contributed by atoms with Crippen LogP contribution in [0.1, 0.15) is 41.4 Å². The van der Waals surface area contributed by atoms with Crippen LogP contribution in [0.2, 0.25) is 0 Å². The van der Waals surface area contributed by atoms with Crippen molar-refractivity contribution in [1.29, 1.82) is 0 Å². The summed E-state index contributed by atoms with van der Waals surface area (Å²) in [6.07, 6.45) is 0. The molecule has 0 spiro atoms. The first-order valence-electron chi connectivity index (χ1n) is 17.8. The van der Waals surface area contributed by atoms with E-state index in [9.17, 15) is 19.2 Å². The minimum Gasteiger partial charge on any atom is -0.356 e. The summed E-state index contributed by atoms with van der Waals surface area (Å²) < 4.78 is 0. The number of hydrogen-bond donors (Lipinski definition) is 6. The van der Waals surface area contributed by atoms with E-state index < -0.39 is 11.8 Å². The van der Waals surface area contributed by atoms with Gasteiger partial charge in [0.2, 0.25) is 0 Å². The highest BCUT2D eigenvalue weighted by Gasteiger charge is 2.17. The van der Waals surface area contributed by atoms with Crippen LogP contribution in [0.25, 0.3) is 0 Å². The van der Waals surface area contributed by atoms with E-state index in [1.165, 1.54) is 24.3 Å². The summed E-state index contributed by atoms with van der Waals surface area (Å²) in [5, 5.41) is 18.0. The first kappa shape index (κ1) is 36.4. The maximum atomic E-state index is 13.3. The predicted molar refractivity (Wildman–Crippen MR) is 223 cm³/mol. The zero-order valence-corrected chi connectivity index (χ0v) is 30.0. The number of carbonyl (C=O) groups is 4. The number of amides is 4. The summed E-state index contributed by atoms with van der Waals surface area (Å²) in [5.41, 5.74) is 6.60. The molecule has 0 saturated heterocycles. The van der Waals surface area contributed by atoms with Crippen LogP contribution in [0.4, 0.5) is 45.5 Å². The van der Waals surface area contributed by atoms with Gasteiger partial charge < -0.3 is 31.9 Å². The highest BCUT2D eigenvalue weighted by Crippen LogP contribution is 2.24. The second-order valence-electron chi connectivity index (χ2n) is 12.6. The second kappa shape index (κ2) is 17.2. The molecule has 0 radical (unpaired) electrons. The number of benzene rings is 7. The Kier molecular flexibility index (Phi) is 11.2. The number of nitrogens with one attached hydrogen (secondary N) is 6. The van der Waals surface area contributed by atoms with Crippen molar-refractivity contribution in [2.45, 2.75) is 0 Å². The Morgan fingerprint density at radius 1 is 0.268 bits per heavy atom. The zero-order chi connectivity index (χ0) is 38.7. The number of para-hydroxylation sites is 4. The standard InChI is InChI=1S/C46H36N6O4/c53-43(51-41-17-9-7-15-39(41)45(55)49-37-27-23-35(24-28-37)47-33-11-3-1-4-12-33)31-19-21-32(22-20-31)44(54)52-42-18-10-8-16-40(42)46(56)50-38-29-25-36(26-30-38)48-34-13-5-2-6-14-34/h1-30,47-48H,(H,49,55)(H,50,56)(H,51,53)(H,52,54). The lowest BCUT2D eigenvalue weighted by molar-refractivity contribution is 0.100. The molecule has 10 heteroatoms. The quantitative estimate of drug-likeness (QED) is 0.0738. The maximum absolute atomic E-state index is 13.3. The molecule has 10 nitrogen and oxygen atoms in total. The van der Waals surface area contributed by atoms with E-state index in [0.29, 0.717) is 22.7 Å². The first-order valence-corrected chi connectivity index (χ1v) is 17.8. The topological polar surface area (TPSA) is 140 Å². The molecule has 7 aromatic rings. The van der Waals surface area contributed by atoms with Crippen LogP contribution in [0.5, 0.6) is 0 Å². The molecular weight excluding hydrogens is 701 g/mol. The SMILES string of the molecule is O=C(Nc1ccccc1C(=O)Nc1ccc(Nc2ccccc2)cc1)c1ccc(C(=O)Nc2ccccc2C(=O)Nc2ccc(Nc3ccccc3)cc2)cc1. The summed E-state index contributed by atoms with van der Waals surface area (Å²) in [6, 6.07) is 53.7. The van der Waals surface area contributed by atoms with Gasteiger partial charge in [-0.05, 0) is 121 Å². The van der Waals surface area contributed by atoms with Crippen LogP contribution in [0.15, 0.2) is 182 Å². The second-order valence-corrected chi connectivity index (χ2v) is 12.6. The summed E-state index contributed by atoms with van der Waals surface area (Å²) in [7, 11) is 0. The molecule has 4 amide bonds. The van der Waals surface area contributed by atoms with Gasteiger partial charge in [0, 0.05) is 45.3 Å². The molecule has 0 saturated carbocycles. The average molecular weight is 737 g/mol. The van der Waals surface area contributed by atoms with Crippen LogP contribution in [0, 0.1) is 0 Å². The lowest BCUT2D eigenvalue weighted by Crippen LogP contribution is -2.19. The Morgan fingerprint density at radius 2 is 0.571 bits per heavy atom. The molecule has 0 aliphatic rings. The van der Waals surface area contributed by atoms with Crippen LogP contribution < -0.4 is 31.9 Å². The zero-order valence-electron chi connectivity index (χ0n) is 30.0.